The monoisotopic (exact) mass is 280 g/mol. The van der Waals surface area contributed by atoms with Gasteiger partial charge in [-0.3, -0.25) is 0 Å². The summed E-state index contributed by atoms with van der Waals surface area (Å²) in [4.78, 5) is 11.4. The Kier molecular flexibility index (Phi) is 4.93. The summed E-state index contributed by atoms with van der Waals surface area (Å²) in [7, 11) is -2.07. The summed E-state index contributed by atoms with van der Waals surface area (Å²) in [6, 6.07) is 9.63. The fraction of sp³-hybridized carbons (Fsp3) is 0.533. The van der Waals surface area contributed by atoms with Crippen LogP contribution in [0.3, 0.4) is 0 Å². The van der Waals surface area contributed by atoms with Gasteiger partial charge in [0.2, 0.25) is 0 Å². The highest BCUT2D eigenvalue weighted by atomic mass is 28.4. The number of carboxylic acid groups (broad SMARTS) is 1. The second kappa shape index (κ2) is 5.88. The summed E-state index contributed by atoms with van der Waals surface area (Å²) in [5.41, 5.74) is 0.994. The molecule has 1 N–H and O–H groups in total. The Morgan fingerprint density at radius 1 is 1.26 bits per heavy atom. The first-order valence-corrected chi connectivity index (χ1v) is 9.49. The van der Waals surface area contributed by atoms with Crippen LogP contribution in [0.25, 0.3) is 0 Å². The Morgan fingerprint density at radius 2 is 1.79 bits per heavy atom. The Balaban J connectivity index is 2.83. The molecule has 0 amide bonds. The molecular weight excluding hydrogens is 256 g/mol. The number of benzene rings is 1. The molecule has 0 spiro atoms. The van der Waals surface area contributed by atoms with E-state index >= 15 is 0 Å². The molecule has 3 nitrogen and oxygen atoms in total. The van der Waals surface area contributed by atoms with Crippen molar-refractivity contribution < 1.29 is 14.3 Å². The summed E-state index contributed by atoms with van der Waals surface area (Å²) in [6.45, 7) is 10.5. The molecule has 4 heteroatoms. The minimum atomic E-state index is -2.07. The zero-order valence-corrected chi connectivity index (χ0v) is 13.4. The Labute approximate surface area is 116 Å². The van der Waals surface area contributed by atoms with Crippen molar-refractivity contribution in [2.75, 3.05) is 0 Å². The van der Waals surface area contributed by atoms with Crippen molar-refractivity contribution in [3.8, 4) is 0 Å². The Hall–Kier alpha value is -1.13. The van der Waals surface area contributed by atoms with Crippen molar-refractivity contribution in [1.82, 2.24) is 0 Å². The lowest BCUT2D eigenvalue weighted by Gasteiger charge is -2.38. The number of rotatable bonds is 5. The maximum Gasteiger partial charge on any atom is 0.331 e. The van der Waals surface area contributed by atoms with Crippen LogP contribution in [0.4, 0.5) is 0 Å². The summed E-state index contributed by atoms with van der Waals surface area (Å²) in [5.74, 6) is -0.881. The van der Waals surface area contributed by atoms with Crippen molar-refractivity contribution in [2.45, 2.75) is 51.4 Å². The smallest absolute Gasteiger partial charge is 0.331 e. The van der Waals surface area contributed by atoms with Crippen LogP contribution >= 0.6 is 0 Å². The van der Waals surface area contributed by atoms with Gasteiger partial charge in [-0.05, 0) is 23.7 Å². The first kappa shape index (κ1) is 15.9. The molecule has 0 saturated carbocycles. The molecule has 1 aromatic carbocycles. The van der Waals surface area contributed by atoms with Gasteiger partial charge in [0.25, 0.3) is 0 Å². The molecule has 0 heterocycles. The molecule has 19 heavy (non-hydrogen) atoms. The summed E-state index contributed by atoms with van der Waals surface area (Å²) in [5, 5.41) is 9.37. The first-order valence-electron chi connectivity index (χ1n) is 6.58. The van der Waals surface area contributed by atoms with Crippen molar-refractivity contribution >= 4 is 14.3 Å². The van der Waals surface area contributed by atoms with Gasteiger partial charge < -0.3 is 9.53 Å². The van der Waals surface area contributed by atoms with Gasteiger partial charge in [0.05, 0.1) is 0 Å². The zero-order chi connectivity index (χ0) is 14.7. The third-order valence-electron chi connectivity index (χ3n) is 3.78. The van der Waals surface area contributed by atoms with Gasteiger partial charge in [-0.15, -0.1) is 0 Å². The third-order valence-corrected chi connectivity index (χ3v) is 8.27. The molecule has 0 aliphatic carbocycles. The van der Waals surface area contributed by atoms with E-state index in [1.807, 2.05) is 30.3 Å². The number of carboxylic acids is 1. The van der Waals surface area contributed by atoms with E-state index in [4.69, 9.17) is 4.43 Å². The van der Waals surface area contributed by atoms with Gasteiger partial charge in [-0.2, -0.15) is 0 Å². The fourth-order valence-corrected chi connectivity index (χ4v) is 2.79. The summed E-state index contributed by atoms with van der Waals surface area (Å²) >= 11 is 0. The molecule has 1 atom stereocenters. The summed E-state index contributed by atoms with van der Waals surface area (Å²) in [6.07, 6.45) is -0.342. The lowest BCUT2D eigenvalue weighted by Crippen LogP contribution is -2.46. The van der Waals surface area contributed by atoms with E-state index in [-0.39, 0.29) is 5.04 Å². The molecule has 0 fully saturated rings. The van der Waals surface area contributed by atoms with E-state index in [1.165, 1.54) is 0 Å². The van der Waals surface area contributed by atoms with Crippen LogP contribution in [0.2, 0.25) is 18.1 Å². The topological polar surface area (TPSA) is 46.5 Å². The molecule has 0 radical (unpaired) electrons. The predicted molar refractivity (Wildman–Crippen MR) is 79.9 cm³/mol. The molecule has 0 aliphatic rings. The van der Waals surface area contributed by atoms with E-state index in [1.54, 1.807) is 0 Å². The third kappa shape index (κ3) is 4.47. The number of hydrogen-bond donors (Lipinski definition) is 1. The van der Waals surface area contributed by atoms with Crippen LogP contribution in [0, 0.1) is 0 Å². The van der Waals surface area contributed by atoms with Crippen LogP contribution in [0.5, 0.6) is 0 Å². The lowest BCUT2D eigenvalue weighted by molar-refractivity contribution is -0.145. The maximum atomic E-state index is 11.4. The second-order valence-electron chi connectivity index (χ2n) is 6.39. The minimum absolute atomic E-state index is 0.0113. The molecule has 0 bridgehead atoms. The van der Waals surface area contributed by atoms with E-state index in [0.717, 1.165) is 5.56 Å². The largest absolute Gasteiger partial charge is 0.479 e. The molecule has 0 saturated heterocycles. The average Bonchev–Trinajstić information content (AvgIpc) is 2.27. The maximum absolute atomic E-state index is 11.4. The van der Waals surface area contributed by atoms with Crippen molar-refractivity contribution in [1.29, 1.82) is 0 Å². The lowest BCUT2D eigenvalue weighted by atomic mass is 10.1. The van der Waals surface area contributed by atoms with Crippen LogP contribution in [-0.2, 0) is 15.6 Å². The molecule has 0 aliphatic heterocycles. The van der Waals surface area contributed by atoms with Gasteiger partial charge in [-0.25, -0.2) is 4.79 Å². The van der Waals surface area contributed by atoms with Crippen molar-refractivity contribution in [2.24, 2.45) is 0 Å². The van der Waals surface area contributed by atoms with E-state index in [9.17, 15) is 9.90 Å². The molecule has 1 aromatic rings. The quantitative estimate of drug-likeness (QED) is 0.836. The summed E-state index contributed by atoms with van der Waals surface area (Å²) < 4.78 is 6.01. The zero-order valence-electron chi connectivity index (χ0n) is 12.4. The van der Waals surface area contributed by atoms with E-state index in [0.29, 0.717) is 6.42 Å². The van der Waals surface area contributed by atoms with Gasteiger partial charge in [0.15, 0.2) is 8.32 Å². The second-order valence-corrected chi connectivity index (χ2v) is 11.2. The molecule has 106 valence electrons. The molecular formula is C15H24O3Si. The molecule has 0 unspecified atom stereocenters. The first-order chi connectivity index (χ1) is 8.63. The Bertz CT molecular complexity index is 421. The van der Waals surface area contributed by atoms with E-state index < -0.39 is 20.4 Å². The van der Waals surface area contributed by atoms with Crippen LogP contribution in [0.1, 0.15) is 26.3 Å². The highest BCUT2D eigenvalue weighted by molar-refractivity contribution is 6.74. The van der Waals surface area contributed by atoms with Crippen molar-refractivity contribution in [3.63, 3.8) is 0 Å². The van der Waals surface area contributed by atoms with Crippen LogP contribution in [0.15, 0.2) is 30.3 Å². The SMILES string of the molecule is CC(C)(C)[Si](C)(C)O[C@@H](Cc1ccccc1)C(=O)O. The number of hydrogen-bond acceptors (Lipinski definition) is 2. The highest BCUT2D eigenvalue weighted by Crippen LogP contribution is 2.37. The van der Waals surface area contributed by atoms with Gasteiger partial charge in [0.1, 0.15) is 6.10 Å². The normalized spacial score (nSPS) is 14.2. The fourth-order valence-electron chi connectivity index (χ4n) is 1.54. The average molecular weight is 280 g/mol. The number of carbonyl (C=O) groups is 1. The van der Waals surface area contributed by atoms with Crippen LogP contribution < -0.4 is 0 Å². The molecule has 1 rings (SSSR count). The standard InChI is InChI=1S/C15H24O3Si/c1-15(2,3)19(4,5)18-13(14(16)17)11-12-9-7-6-8-10-12/h6-10,13H,11H2,1-5H3,(H,16,17)/t13-/m0/s1. The van der Waals surface area contributed by atoms with E-state index in [2.05, 4.69) is 33.9 Å². The van der Waals surface area contributed by atoms with Crippen molar-refractivity contribution in [3.05, 3.63) is 35.9 Å². The number of aliphatic carboxylic acids is 1. The van der Waals surface area contributed by atoms with Gasteiger partial charge >= 0.3 is 5.97 Å². The molecule has 0 aromatic heterocycles. The minimum Gasteiger partial charge on any atom is -0.479 e. The predicted octanol–water partition coefficient (Wildman–Crippen LogP) is 3.70. The Morgan fingerprint density at radius 3 is 2.21 bits per heavy atom. The van der Waals surface area contributed by atoms with Crippen LogP contribution in [-0.4, -0.2) is 25.5 Å². The van der Waals surface area contributed by atoms with Gasteiger partial charge in [0, 0.05) is 6.42 Å². The highest BCUT2D eigenvalue weighted by Gasteiger charge is 2.40. The van der Waals surface area contributed by atoms with Gasteiger partial charge in [-0.1, -0.05) is 51.1 Å².